The summed E-state index contributed by atoms with van der Waals surface area (Å²) >= 11 is 0. The van der Waals surface area contributed by atoms with Crippen LogP contribution in [-0.4, -0.2) is 22.1 Å². The van der Waals surface area contributed by atoms with E-state index in [0.29, 0.717) is 25.2 Å². The van der Waals surface area contributed by atoms with Gasteiger partial charge in [-0.1, -0.05) is 56.3 Å². The predicted molar refractivity (Wildman–Crippen MR) is 98.3 cm³/mol. The summed E-state index contributed by atoms with van der Waals surface area (Å²) in [5, 5.41) is 6.97. The number of benzene rings is 1. The van der Waals surface area contributed by atoms with Crippen LogP contribution in [0.4, 0.5) is 0 Å². The zero-order valence-corrected chi connectivity index (χ0v) is 15.7. The summed E-state index contributed by atoms with van der Waals surface area (Å²) in [5.41, 5.74) is 1.31. The summed E-state index contributed by atoms with van der Waals surface area (Å²) in [6.45, 7) is 8.48. The van der Waals surface area contributed by atoms with Crippen LogP contribution in [-0.2, 0) is 23.1 Å². The summed E-state index contributed by atoms with van der Waals surface area (Å²) in [6.07, 6.45) is 3.49. The average molecular weight is 343 g/mol. The quantitative estimate of drug-likeness (QED) is 0.751. The number of aromatic nitrogens is 2. The molecule has 5 nitrogen and oxygen atoms in total. The maximum atomic E-state index is 12.1. The van der Waals surface area contributed by atoms with E-state index in [0.717, 1.165) is 18.7 Å². The number of aryl methyl sites for hydroxylation is 2. The predicted octanol–water partition coefficient (Wildman–Crippen LogP) is 3.83. The lowest BCUT2D eigenvalue weighted by molar-refractivity contribution is -0.121. The third-order valence-corrected chi connectivity index (χ3v) is 4.40. The highest BCUT2D eigenvalue weighted by atomic mass is 16.5. The second kappa shape index (κ2) is 8.79. The number of carbonyl (C=O) groups is 1. The van der Waals surface area contributed by atoms with Gasteiger partial charge in [0.1, 0.15) is 0 Å². The number of hydrogen-bond acceptors (Lipinski definition) is 4. The van der Waals surface area contributed by atoms with E-state index >= 15 is 0 Å². The number of nitrogens with one attached hydrogen (secondary N) is 1. The lowest BCUT2D eigenvalue weighted by Crippen LogP contribution is -2.37. The minimum Gasteiger partial charge on any atom is -0.354 e. The molecule has 1 atom stereocenters. The van der Waals surface area contributed by atoms with Crippen molar-refractivity contribution >= 4 is 5.91 Å². The average Bonchev–Trinajstić information content (AvgIpc) is 3.03. The Morgan fingerprint density at radius 2 is 2.00 bits per heavy atom. The highest BCUT2D eigenvalue weighted by Crippen LogP contribution is 2.28. The van der Waals surface area contributed by atoms with E-state index in [2.05, 4.69) is 60.5 Å². The van der Waals surface area contributed by atoms with E-state index in [1.807, 2.05) is 13.0 Å². The molecule has 25 heavy (non-hydrogen) atoms. The fourth-order valence-electron chi connectivity index (χ4n) is 3.11. The minimum atomic E-state index is 0.0221. The summed E-state index contributed by atoms with van der Waals surface area (Å²) in [5.74, 6) is 1.41. The third-order valence-electron chi connectivity index (χ3n) is 4.40. The Kier molecular flexibility index (Phi) is 6.73. The molecular weight excluding hydrogens is 314 g/mol. The van der Waals surface area contributed by atoms with E-state index in [9.17, 15) is 4.79 Å². The fourth-order valence-corrected chi connectivity index (χ4v) is 3.11. The normalized spacial score (nSPS) is 12.8. The van der Waals surface area contributed by atoms with Gasteiger partial charge in [0.05, 0.1) is 0 Å². The van der Waals surface area contributed by atoms with Gasteiger partial charge in [0.25, 0.3) is 0 Å². The molecule has 136 valence electrons. The van der Waals surface area contributed by atoms with Gasteiger partial charge in [-0.15, -0.1) is 0 Å². The molecule has 0 aliphatic heterocycles. The van der Waals surface area contributed by atoms with Crippen LogP contribution in [0.25, 0.3) is 0 Å². The third kappa shape index (κ3) is 6.00. The Balaban J connectivity index is 1.74. The van der Waals surface area contributed by atoms with Crippen molar-refractivity contribution in [2.45, 2.75) is 71.3 Å². The molecule has 0 radical (unpaired) electrons. The lowest BCUT2D eigenvalue weighted by Gasteiger charge is -2.29. The van der Waals surface area contributed by atoms with Gasteiger partial charge in [-0.2, -0.15) is 4.98 Å². The number of amides is 1. The zero-order chi connectivity index (χ0) is 18.3. The van der Waals surface area contributed by atoms with Gasteiger partial charge in [0.15, 0.2) is 5.82 Å². The standard InChI is InChI=1S/C20H29N3O2/c1-5-17-22-19(25-23-17)13-9-12-18(24)21-15(2)14-20(3,4)16-10-7-6-8-11-16/h6-8,10-11,15H,5,9,12-14H2,1-4H3,(H,21,24)/t15-/m0/s1. The smallest absolute Gasteiger partial charge is 0.226 e. The van der Waals surface area contributed by atoms with Crippen LogP contribution in [0.3, 0.4) is 0 Å². The van der Waals surface area contributed by atoms with Crippen LogP contribution in [0.2, 0.25) is 0 Å². The molecule has 0 spiro atoms. The highest BCUT2D eigenvalue weighted by molar-refractivity contribution is 5.76. The van der Waals surface area contributed by atoms with Crippen molar-refractivity contribution in [3.8, 4) is 0 Å². The molecule has 0 saturated heterocycles. The minimum absolute atomic E-state index is 0.0221. The molecule has 0 unspecified atom stereocenters. The van der Waals surface area contributed by atoms with Crippen LogP contribution in [0.1, 0.15) is 64.2 Å². The number of carbonyl (C=O) groups excluding carboxylic acids is 1. The SMILES string of the molecule is CCc1noc(CCCC(=O)N[C@@H](C)CC(C)(C)c2ccccc2)n1. The Labute approximate surface area is 150 Å². The van der Waals surface area contributed by atoms with E-state index in [-0.39, 0.29) is 17.4 Å². The first-order valence-electron chi connectivity index (χ1n) is 9.07. The molecule has 1 aromatic carbocycles. The molecule has 0 aliphatic carbocycles. The van der Waals surface area contributed by atoms with Crippen LogP contribution in [0.5, 0.6) is 0 Å². The summed E-state index contributed by atoms with van der Waals surface area (Å²) in [7, 11) is 0. The molecule has 0 saturated carbocycles. The van der Waals surface area contributed by atoms with E-state index in [1.165, 1.54) is 5.56 Å². The first-order chi connectivity index (χ1) is 11.9. The topological polar surface area (TPSA) is 68.0 Å². The van der Waals surface area contributed by atoms with Gasteiger partial charge < -0.3 is 9.84 Å². The fraction of sp³-hybridized carbons (Fsp3) is 0.550. The van der Waals surface area contributed by atoms with E-state index in [4.69, 9.17) is 4.52 Å². The largest absolute Gasteiger partial charge is 0.354 e. The van der Waals surface area contributed by atoms with Crippen molar-refractivity contribution in [1.82, 2.24) is 15.5 Å². The van der Waals surface area contributed by atoms with Crippen LogP contribution in [0.15, 0.2) is 34.9 Å². The van der Waals surface area contributed by atoms with Crippen LogP contribution in [0, 0.1) is 0 Å². The second-order valence-electron chi connectivity index (χ2n) is 7.23. The molecule has 2 rings (SSSR count). The second-order valence-corrected chi connectivity index (χ2v) is 7.23. The van der Waals surface area contributed by atoms with Gasteiger partial charge in [-0.3, -0.25) is 4.79 Å². The van der Waals surface area contributed by atoms with Gasteiger partial charge in [-0.05, 0) is 30.7 Å². The van der Waals surface area contributed by atoms with E-state index < -0.39 is 0 Å². The summed E-state index contributed by atoms with van der Waals surface area (Å²) in [6, 6.07) is 10.5. The summed E-state index contributed by atoms with van der Waals surface area (Å²) in [4.78, 5) is 16.4. The maximum Gasteiger partial charge on any atom is 0.226 e. The molecule has 1 amide bonds. The monoisotopic (exact) mass is 343 g/mol. The Morgan fingerprint density at radius 3 is 2.64 bits per heavy atom. The zero-order valence-electron chi connectivity index (χ0n) is 15.7. The highest BCUT2D eigenvalue weighted by Gasteiger charge is 2.23. The molecular formula is C20H29N3O2. The summed E-state index contributed by atoms with van der Waals surface area (Å²) < 4.78 is 5.14. The van der Waals surface area contributed by atoms with Crippen LogP contribution < -0.4 is 5.32 Å². The van der Waals surface area contributed by atoms with Crippen molar-refractivity contribution in [2.75, 3.05) is 0 Å². The van der Waals surface area contributed by atoms with Crippen molar-refractivity contribution in [3.05, 3.63) is 47.6 Å². The van der Waals surface area contributed by atoms with Gasteiger partial charge >= 0.3 is 0 Å². The van der Waals surface area contributed by atoms with Gasteiger partial charge in [-0.25, -0.2) is 0 Å². The Hall–Kier alpha value is -2.17. The lowest BCUT2D eigenvalue weighted by atomic mass is 9.79. The van der Waals surface area contributed by atoms with Crippen molar-refractivity contribution in [2.24, 2.45) is 0 Å². The molecule has 0 aliphatic rings. The molecule has 1 heterocycles. The first kappa shape index (κ1) is 19.2. The molecule has 0 fully saturated rings. The molecule has 5 heteroatoms. The van der Waals surface area contributed by atoms with Gasteiger partial charge in [0.2, 0.25) is 11.8 Å². The van der Waals surface area contributed by atoms with Crippen LogP contribution >= 0.6 is 0 Å². The molecule has 1 N–H and O–H groups in total. The first-order valence-corrected chi connectivity index (χ1v) is 9.07. The Bertz CT molecular complexity index is 665. The number of nitrogens with zero attached hydrogens (tertiary/aromatic N) is 2. The Morgan fingerprint density at radius 1 is 1.28 bits per heavy atom. The number of rotatable bonds is 9. The number of hydrogen-bond donors (Lipinski definition) is 1. The van der Waals surface area contributed by atoms with Crippen molar-refractivity contribution in [1.29, 1.82) is 0 Å². The maximum absolute atomic E-state index is 12.1. The van der Waals surface area contributed by atoms with Crippen molar-refractivity contribution in [3.63, 3.8) is 0 Å². The molecule has 1 aromatic heterocycles. The van der Waals surface area contributed by atoms with Crippen molar-refractivity contribution < 1.29 is 9.32 Å². The molecule has 2 aromatic rings. The van der Waals surface area contributed by atoms with Gasteiger partial charge in [0, 0.05) is 25.3 Å². The van der Waals surface area contributed by atoms with E-state index in [1.54, 1.807) is 0 Å². The molecule has 0 bridgehead atoms.